The maximum absolute atomic E-state index is 11.0. The largest absolute Gasteiger partial charge is 0.508 e. The van der Waals surface area contributed by atoms with Crippen LogP contribution in [0, 0.1) is 0 Å². The van der Waals surface area contributed by atoms with E-state index in [1.54, 1.807) is 18.2 Å². The van der Waals surface area contributed by atoms with Crippen molar-refractivity contribution in [2.45, 2.75) is 6.42 Å². The van der Waals surface area contributed by atoms with Crippen molar-refractivity contribution < 1.29 is 14.7 Å². The van der Waals surface area contributed by atoms with Crippen LogP contribution in [-0.2, 0) is 9.63 Å². The number of phenols is 1. The first-order valence-electron chi connectivity index (χ1n) is 4.79. The Bertz CT molecular complexity index is 357. The molecule has 0 radical (unpaired) electrons. The number of phenolic OH excluding ortho intramolecular Hbond substituents is 1. The molecule has 4 N–H and O–H groups in total. The summed E-state index contributed by atoms with van der Waals surface area (Å²) in [6, 6.07) is 6.78. The van der Waals surface area contributed by atoms with Crippen molar-refractivity contribution in [3.63, 3.8) is 0 Å². The number of rotatable bonds is 5. The number of anilines is 1. The lowest BCUT2D eigenvalue weighted by atomic mass is 10.2. The summed E-state index contributed by atoms with van der Waals surface area (Å²) in [4.78, 5) is 17.2. The fraction of sp³-hybridized carbons (Fsp3) is 0.300. The minimum Gasteiger partial charge on any atom is -0.508 e. The van der Waals surface area contributed by atoms with E-state index in [1.165, 1.54) is 0 Å². The molecular weight excluding hydrogens is 210 g/mol. The first kappa shape index (κ1) is 12.3. The first-order valence-corrected chi connectivity index (χ1v) is 4.79. The van der Waals surface area contributed by atoms with E-state index in [1.807, 2.05) is 23.6 Å². The number of aromatic hydroxyl groups is 1. The van der Waals surface area contributed by atoms with Gasteiger partial charge in [-0.3, -0.25) is 4.79 Å². The normalized spacial score (nSPS) is 9.88. The maximum Gasteiger partial charge on any atom is 0.328 e. The predicted octanol–water partition coefficient (Wildman–Crippen LogP) is 0.140. The van der Waals surface area contributed by atoms with Gasteiger partial charge in [0.25, 0.3) is 0 Å². The molecule has 6 nitrogen and oxygen atoms in total. The summed E-state index contributed by atoms with van der Waals surface area (Å²) in [6.45, 7) is 0.476. The van der Waals surface area contributed by atoms with Gasteiger partial charge in [0.2, 0.25) is 0 Å². The highest BCUT2D eigenvalue weighted by molar-refractivity contribution is 5.69. The fourth-order valence-corrected chi connectivity index (χ4v) is 1.24. The Morgan fingerprint density at radius 3 is 3.00 bits per heavy atom. The molecule has 0 spiro atoms. The zero-order chi connectivity index (χ0) is 12.0. The Balaban J connectivity index is 2.46. The van der Waals surface area contributed by atoms with E-state index < -0.39 is 5.97 Å². The van der Waals surface area contributed by atoms with Crippen molar-refractivity contribution in [1.29, 1.82) is 0 Å². The van der Waals surface area contributed by atoms with Gasteiger partial charge in [0.15, 0.2) is 0 Å². The van der Waals surface area contributed by atoms with Gasteiger partial charge >= 0.3 is 5.97 Å². The van der Waals surface area contributed by atoms with E-state index in [0.29, 0.717) is 6.54 Å². The molecule has 0 saturated carbocycles. The number of nitrogens with two attached hydrogens (primary N) is 1. The summed E-state index contributed by atoms with van der Waals surface area (Å²) in [5.41, 5.74) is 2.66. The van der Waals surface area contributed by atoms with Gasteiger partial charge in [0.1, 0.15) is 5.75 Å². The molecule has 88 valence electrons. The second-order valence-corrected chi connectivity index (χ2v) is 3.28. The molecule has 0 aliphatic rings. The van der Waals surface area contributed by atoms with E-state index in [0.717, 1.165) is 5.69 Å². The summed E-state index contributed by atoms with van der Waals surface area (Å²) in [5, 5.41) is 9.28. The minimum atomic E-state index is -0.436. The lowest BCUT2D eigenvalue weighted by molar-refractivity contribution is -0.150. The first-order chi connectivity index (χ1) is 7.63. The Kier molecular flexibility index (Phi) is 4.56. The van der Waals surface area contributed by atoms with Gasteiger partial charge in [-0.1, -0.05) is 11.7 Å². The third-order valence-electron chi connectivity index (χ3n) is 2.09. The van der Waals surface area contributed by atoms with Crippen molar-refractivity contribution in [3.05, 3.63) is 24.3 Å². The molecule has 6 heteroatoms. The molecule has 1 aromatic rings. The summed E-state index contributed by atoms with van der Waals surface area (Å²) >= 11 is 0. The van der Waals surface area contributed by atoms with Crippen molar-refractivity contribution in [2.75, 3.05) is 18.5 Å². The van der Waals surface area contributed by atoms with Gasteiger partial charge in [-0.05, 0) is 12.1 Å². The van der Waals surface area contributed by atoms with Crippen molar-refractivity contribution in [3.8, 4) is 5.75 Å². The molecule has 0 bridgehead atoms. The van der Waals surface area contributed by atoms with Crippen LogP contribution in [0.4, 0.5) is 5.69 Å². The molecule has 0 aliphatic carbocycles. The van der Waals surface area contributed by atoms with Crippen LogP contribution in [0.25, 0.3) is 0 Å². The summed E-state index contributed by atoms with van der Waals surface area (Å²) in [5.74, 6) is 4.58. The van der Waals surface area contributed by atoms with E-state index in [4.69, 9.17) is 5.84 Å². The quantitative estimate of drug-likeness (QED) is 0.488. The number of hydrogen-bond donors (Lipinski definition) is 3. The highest BCUT2D eigenvalue weighted by Gasteiger charge is 2.06. The Morgan fingerprint density at radius 2 is 2.38 bits per heavy atom. The van der Waals surface area contributed by atoms with E-state index >= 15 is 0 Å². The lowest BCUT2D eigenvalue weighted by Crippen LogP contribution is -2.29. The molecule has 0 saturated heterocycles. The highest BCUT2D eigenvalue weighted by Crippen LogP contribution is 2.18. The standard InChI is InChI=1S/C10H15N3O3/c1-13(6-5-10(15)16-12-11)8-3-2-4-9(14)7-8/h2-4,7,12,14H,5-6,11H2,1H3. The third kappa shape index (κ3) is 3.76. The summed E-state index contributed by atoms with van der Waals surface area (Å²) in [6.07, 6.45) is 0.205. The van der Waals surface area contributed by atoms with Crippen molar-refractivity contribution in [1.82, 2.24) is 5.59 Å². The van der Waals surface area contributed by atoms with Crippen LogP contribution in [0.1, 0.15) is 6.42 Å². The van der Waals surface area contributed by atoms with E-state index in [9.17, 15) is 9.90 Å². The monoisotopic (exact) mass is 225 g/mol. The molecule has 0 aromatic heterocycles. The summed E-state index contributed by atoms with van der Waals surface area (Å²) in [7, 11) is 1.82. The van der Waals surface area contributed by atoms with Crippen LogP contribution in [0.15, 0.2) is 24.3 Å². The number of carbonyl (C=O) groups excluding carboxylic acids is 1. The van der Waals surface area contributed by atoms with Crippen LogP contribution >= 0.6 is 0 Å². The summed E-state index contributed by atoms with van der Waals surface area (Å²) < 4.78 is 0. The van der Waals surface area contributed by atoms with Gasteiger partial charge in [-0.15, -0.1) is 0 Å². The van der Waals surface area contributed by atoms with Crippen molar-refractivity contribution >= 4 is 11.7 Å². The van der Waals surface area contributed by atoms with Gasteiger partial charge in [0.05, 0.1) is 6.42 Å². The molecule has 0 heterocycles. The van der Waals surface area contributed by atoms with Crippen LogP contribution < -0.4 is 16.3 Å². The van der Waals surface area contributed by atoms with Crippen LogP contribution in [-0.4, -0.2) is 24.7 Å². The lowest BCUT2D eigenvalue weighted by Gasteiger charge is -2.18. The van der Waals surface area contributed by atoms with Gasteiger partial charge in [-0.25, -0.2) is 5.84 Å². The van der Waals surface area contributed by atoms with Crippen LogP contribution in [0.2, 0.25) is 0 Å². The zero-order valence-electron chi connectivity index (χ0n) is 9.01. The van der Waals surface area contributed by atoms with Crippen molar-refractivity contribution in [2.24, 2.45) is 5.84 Å². The second kappa shape index (κ2) is 5.94. The van der Waals surface area contributed by atoms with Gasteiger partial charge in [-0.2, -0.15) is 0 Å². The third-order valence-corrected chi connectivity index (χ3v) is 2.09. The van der Waals surface area contributed by atoms with Gasteiger partial charge < -0.3 is 14.8 Å². The zero-order valence-corrected chi connectivity index (χ0v) is 9.01. The topological polar surface area (TPSA) is 87.8 Å². The predicted molar refractivity (Wildman–Crippen MR) is 59.4 cm³/mol. The average Bonchev–Trinajstić information content (AvgIpc) is 2.26. The number of nitrogens with one attached hydrogen (secondary N) is 1. The molecule has 0 fully saturated rings. The molecule has 0 unspecified atom stereocenters. The smallest absolute Gasteiger partial charge is 0.328 e. The SMILES string of the molecule is CN(CCC(=O)ONN)c1cccc(O)c1. The number of hydrogen-bond acceptors (Lipinski definition) is 6. The Morgan fingerprint density at radius 1 is 1.62 bits per heavy atom. The minimum absolute atomic E-state index is 0.190. The maximum atomic E-state index is 11.0. The average molecular weight is 225 g/mol. The number of carbonyl (C=O) groups is 1. The van der Waals surface area contributed by atoms with Crippen LogP contribution in [0.5, 0.6) is 5.75 Å². The molecule has 16 heavy (non-hydrogen) atoms. The van der Waals surface area contributed by atoms with E-state index in [2.05, 4.69) is 4.84 Å². The van der Waals surface area contributed by atoms with Gasteiger partial charge in [0, 0.05) is 25.3 Å². The Labute approximate surface area is 93.5 Å². The molecular formula is C10H15N3O3. The highest BCUT2D eigenvalue weighted by atomic mass is 16.7. The number of benzene rings is 1. The van der Waals surface area contributed by atoms with Crippen LogP contribution in [0.3, 0.4) is 0 Å². The van der Waals surface area contributed by atoms with E-state index in [-0.39, 0.29) is 12.2 Å². The number of hydrazine groups is 1. The fourth-order valence-electron chi connectivity index (χ4n) is 1.24. The molecule has 1 aromatic carbocycles. The molecule has 1 rings (SSSR count). The molecule has 0 aliphatic heterocycles. The Hall–Kier alpha value is -1.79. The number of nitrogens with zero attached hydrogens (tertiary/aromatic N) is 1. The second-order valence-electron chi connectivity index (χ2n) is 3.28. The molecule has 0 atom stereocenters. The molecule has 0 amide bonds.